The van der Waals surface area contributed by atoms with Crippen molar-refractivity contribution in [3.63, 3.8) is 0 Å². The van der Waals surface area contributed by atoms with Gasteiger partial charge >= 0.3 is 0 Å². The Morgan fingerprint density at radius 3 is 1.48 bits per heavy atom. The molecule has 0 aromatic heterocycles. The summed E-state index contributed by atoms with van der Waals surface area (Å²) in [4.78, 5) is 2.20. The van der Waals surface area contributed by atoms with Gasteiger partial charge in [0.05, 0.1) is 35.0 Å². The molecule has 0 aliphatic heterocycles. The summed E-state index contributed by atoms with van der Waals surface area (Å²) in [5.74, 6) is 2.78. The first-order chi connectivity index (χ1) is 13.1. The summed E-state index contributed by atoms with van der Waals surface area (Å²) in [5.41, 5.74) is 2.15. The van der Waals surface area contributed by atoms with E-state index in [1.807, 2.05) is 43.3 Å². The Morgan fingerprint density at radius 2 is 1.15 bits per heavy atom. The third kappa shape index (κ3) is 5.28. The second-order valence-electron chi connectivity index (χ2n) is 6.32. The highest BCUT2D eigenvalue weighted by molar-refractivity contribution is 5.44. The molecule has 2 rings (SSSR count). The minimum absolute atomic E-state index is 0.00815. The average molecular weight is 375 g/mol. The van der Waals surface area contributed by atoms with Crippen LogP contribution in [0.4, 0.5) is 0 Å². The van der Waals surface area contributed by atoms with Gasteiger partial charge in [0, 0.05) is 19.1 Å². The van der Waals surface area contributed by atoms with Crippen LogP contribution in [0.15, 0.2) is 36.4 Å². The minimum Gasteiger partial charge on any atom is -0.493 e. The summed E-state index contributed by atoms with van der Waals surface area (Å²) in [5, 5.41) is 9.70. The van der Waals surface area contributed by atoms with Crippen molar-refractivity contribution in [1.29, 1.82) is 0 Å². The third-order valence-electron chi connectivity index (χ3n) is 4.55. The molecule has 0 bridgehead atoms. The lowest BCUT2D eigenvalue weighted by Crippen LogP contribution is -2.34. The van der Waals surface area contributed by atoms with Crippen LogP contribution in [0, 0.1) is 0 Å². The molecule has 0 fully saturated rings. The standard InChI is InChI=1S/C21H29NO5/c1-15(14-23)22(12-16-6-8-18(24-2)20(10-16)26-4)13-17-7-9-19(25-3)21(11-17)27-5/h6-11,15,23H,12-14H2,1-5H3/t15-/m1/s1. The predicted molar refractivity (Wildman–Crippen MR) is 105 cm³/mol. The lowest BCUT2D eigenvalue weighted by molar-refractivity contribution is 0.121. The molecule has 1 N–H and O–H groups in total. The van der Waals surface area contributed by atoms with E-state index < -0.39 is 0 Å². The molecule has 0 aliphatic carbocycles. The van der Waals surface area contributed by atoms with E-state index in [-0.39, 0.29) is 12.6 Å². The quantitative estimate of drug-likeness (QED) is 0.689. The van der Waals surface area contributed by atoms with E-state index in [9.17, 15) is 5.11 Å². The number of hydrogen-bond acceptors (Lipinski definition) is 6. The highest BCUT2D eigenvalue weighted by Gasteiger charge is 2.16. The Kier molecular flexibility index (Phi) is 7.76. The van der Waals surface area contributed by atoms with Gasteiger partial charge in [0.25, 0.3) is 0 Å². The predicted octanol–water partition coefficient (Wildman–Crippen LogP) is 3.10. The number of methoxy groups -OCH3 is 4. The number of hydrogen-bond donors (Lipinski definition) is 1. The lowest BCUT2D eigenvalue weighted by Gasteiger charge is -2.28. The SMILES string of the molecule is COc1ccc(CN(Cc2ccc(OC)c(OC)c2)[C@H](C)CO)cc1OC. The highest BCUT2D eigenvalue weighted by Crippen LogP contribution is 2.30. The Balaban J connectivity index is 2.23. The smallest absolute Gasteiger partial charge is 0.161 e. The van der Waals surface area contributed by atoms with Crippen LogP contribution < -0.4 is 18.9 Å². The maximum atomic E-state index is 9.70. The minimum atomic E-state index is -0.00815. The van der Waals surface area contributed by atoms with Crippen molar-refractivity contribution < 1.29 is 24.1 Å². The fourth-order valence-corrected chi connectivity index (χ4v) is 2.91. The summed E-state index contributed by atoms with van der Waals surface area (Å²) in [6, 6.07) is 11.7. The van der Waals surface area contributed by atoms with E-state index in [0.29, 0.717) is 36.1 Å². The van der Waals surface area contributed by atoms with Crippen molar-refractivity contribution in [3.8, 4) is 23.0 Å². The van der Waals surface area contributed by atoms with Gasteiger partial charge in [0.2, 0.25) is 0 Å². The number of nitrogens with zero attached hydrogens (tertiary/aromatic N) is 1. The maximum absolute atomic E-state index is 9.70. The summed E-state index contributed by atoms with van der Waals surface area (Å²) >= 11 is 0. The molecule has 0 aliphatic rings. The first-order valence-electron chi connectivity index (χ1n) is 8.83. The normalized spacial score (nSPS) is 12.0. The molecule has 0 saturated heterocycles. The summed E-state index contributed by atoms with van der Waals surface area (Å²) in [7, 11) is 6.49. The molecule has 27 heavy (non-hydrogen) atoms. The van der Waals surface area contributed by atoms with E-state index in [1.165, 1.54) is 0 Å². The van der Waals surface area contributed by atoms with Crippen LogP contribution in [0.2, 0.25) is 0 Å². The van der Waals surface area contributed by atoms with Gasteiger partial charge in [0.15, 0.2) is 23.0 Å². The molecule has 0 unspecified atom stereocenters. The molecule has 2 aromatic rings. The van der Waals surface area contributed by atoms with Crippen LogP contribution in [-0.2, 0) is 13.1 Å². The molecule has 6 heteroatoms. The first kappa shape index (κ1) is 20.9. The van der Waals surface area contributed by atoms with E-state index in [1.54, 1.807) is 28.4 Å². The van der Waals surface area contributed by atoms with Crippen LogP contribution in [0.5, 0.6) is 23.0 Å². The zero-order valence-corrected chi connectivity index (χ0v) is 16.7. The Bertz CT molecular complexity index is 677. The first-order valence-corrected chi connectivity index (χ1v) is 8.83. The van der Waals surface area contributed by atoms with Crippen LogP contribution in [0.3, 0.4) is 0 Å². The van der Waals surface area contributed by atoms with Crippen molar-refractivity contribution in [1.82, 2.24) is 4.90 Å². The van der Waals surface area contributed by atoms with Gasteiger partial charge in [-0.2, -0.15) is 0 Å². The summed E-state index contributed by atoms with van der Waals surface area (Å²) in [6.07, 6.45) is 0. The fourth-order valence-electron chi connectivity index (χ4n) is 2.91. The third-order valence-corrected chi connectivity index (χ3v) is 4.55. The fraction of sp³-hybridized carbons (Fsp3) is 0.429. The molecule has 0 heterocycles. The molecule has 0 amide bonds. The number of aliphatic hydroxyl groups is 1. The van der Waals surface area contributed by atoms with E-state index in [2.05, 4.69) is 4.90 Å². The molecule has 0 radical (unpaired) electrons. The van der Waals surface area contributed by atoms with Crippen molar-refractivity contribution >= 4 is 0 Å². The number of rotatable bonds is 10. The van der Waals surface area contributed by atoms with Crippen LogP contribution in [-0.4, -0.2) is 51.1 Å². The van der Waals surface area contributed by atoms with E-state index in [0.717, 1.165) is 11.1 Å². The van der Waals surface area contributed by atoms with Crippen LogP contribution >= 0.6 is 0 Å². The number of benzene rings is 2. The molecule has 1 atom stereocenters. The van der Waals surface area contributed by atoms with Crippen LogP contribution in [0.1, 0.15) is 18.1 Å². The van der Waals surface area contributed by atoms with Crippen molar-refractivity contribution in [3.05, 3.63) is 47.5 Å². The summed E-state index contributed by atoms with van der Waals surface area (Å²) in [6.45, 7) is 3.40. The van der Waals surface area contributed by atoms with Gasteiger partial charge in [-0.3, -0.25) is 4.90 Å². The molecule has 0 saturated carbocycles. The zero-order chi connectivity index (χ0) is 19.8. The number of aliphatic hydroxyl groups excluding tert-OH is 1. The molecule has 6 nitrogen and oxygen atoms in total. The molecule has 148 valence electrons. The molecular formula is C21H29NO5. The largest absolute Gasteiger partial charge is 0.493 e. The highest BCUT2D eigenvalue weighted by atomic mass is 16.5. The maximum Gasteiger partial charge on any atom is 0.161 e. The summed E-state index contributed by atoms with van der Waals surface area (Å²) < 4.78 is 21.4. The Hall–Kier alpha value is -2.44. The zero-order valence-electron chi connectivity index (χ0n) is 16.7. The van der Waals surface area contributed by atoms with Crippen LogP contribution in [0.25, 0.3) is 0 Å². The number of ether oxygens (including phenoxy) is 4. The average Bonchev–Trinajstić information content (AvgIpc) is 2.72. The Labute approximate surface area is 161 Å². The second-order valence-corrected chi connectivity index (χ2v) is 6.32. The molecular weight excluding hydrogens is 346 g/mol. The monoisotopic (exact) mass is 375 g/mol. The van der Waals surface area contributed by atoms with Gasteiger partial charge in [-0.15, -0.1) is 0 Å². The molecule has 0 spiro atoms. The van der Waals surface area contributed by atoms with Gasteiger partial charge in [0.1, 0.15) is 0 Å². The molecule has 2 aromatic carbocycles. The van der Waals surface area contributed by atoms with Gasteiger partial charge in [-0.25, -0.2) is 0 Å². The van der Waals surface area contributed by atoms with E-state index in [4.69, 9.17) is 18.9 Å². The lowest BCUT2D eigenvalue weighted by atomic mass is 10.1. The van der Waals surface area contributed by atoms with Crippen molar-refractivity contribution in [2.75, 3.05) is 35.0 Å². The van der Waals surface area contributed by atoms with Crippen molar-refractivity contribution in [2.45, 2.75) is 26.1 Å². The topological polar surface area (TPSA) is 60.4 Å². The second kappa shape index (κ2) is 10.0. The Morgan fingerprint density at radius 1 is 0.741 bits per heavy atom. The van der Waals surface area contributed by atoms with Gasteiger partial charge < -0.3 is 24.1 Å². The van der Waals surface area contributed by atoms with Gasteiger partial charge in [-0.05, 0) is 42.3 Å². The van der Waals surface area contributed by atoms with Crippen molar-refractivity contribution in [2.24, 2.45) is 0 Å². The van der Waals surface area contributed by atoms with Gasteiger partial charge in [-0.1, -0.05) is 12.1 Å². The van der Waals surface area contributed by atoms with E-state index >= 15 is 0 Å².